The third-order valence-corrected chi connectivity index (χ3v) is 6.25. The molecule has 3 aromatic rings. The zero-order valence-corrected chi connectivity index (χ0v) is 16.3. The number of fused-ring (bicyclic) bond motifs is 1. The number of carbonyl (C=O) groups is 1. The van der Waals surface area contributed by atoms with Crippen molar-refractivity contribution >= 4 is 22.6 Å². The summed E-state index contributed by atoms with van der Waals surface area (Å²) in [6.07, 6.45) is 4.27. The first-order valence-corrected chi connectivity index (χ1v) is 10.3. The standard InChI is InChI=1S/C24H24FN3O/c25-19-9-7-18(8-10-19)24(11-12-24)16-26-23(29)20-15-17-5-1-2-6-21(17)27-22(20)28-13-3-4-14-28/h1-2,5-10,15H,3-4,11-14,16H2,(H,26,29). The Balaban J connectivity index is 1.41. The average Bonchev–Trinajstić information content (AvgIpc) is 3.34. The largest absolute Gasteiger partial charge is 0.356 e. The van der Waals surface area contributed by atoms with Gasteiger partial charge in [0.2, 0.25) is 0 Å². The van der Waals surface area contributed by atoms with Gasteiger partial charge in [-0.1, -0.05) is 30.3 Å². The van der Waals surface area contributed by atoms with Gasteiger partial charge in [0.15, 0.2) is 0 Å². The smallest absolute Gasteiger partial charge is 0.255 e. The highest BCUT2D eigenvalue weighted by atomic mass is 19.1. The molecular formula is C24H24FN3O. The van der Waals surface area contributed by atoms with E-state index in [1.807, 2.05) is 42.5 Å². The number of rotatable bonds is 5. The first-order valence-electron chi connectivity index (χ1n) is 10.3. The highest BCUT2D eigenvalue weighted by molar-refractivity contribution is 6.02. The predicted octanol–water partition coefficient (Wildman–Crippen LogP) is 4.44. The van der Waals surface area contributed by atoms with Crippen molar-refractivity contribution in [2.75, 3.05) is 24.5 Å². The van der Waals surface area contributed by atoms with Crippen LogP contribution < -0.4 is 10.2 Å². The predicted molar refractivity (Wildman–Crippen MR) is 113 cm³/mol. The fourth-order valence-electron chi connectivity index (χ4n) is 4.31. The molecule has 148 valence electrons. The molecule has 1 amide bonds. The van der Waals surface area contributed by atoms with E-state index in [0.717, 1.165) is 61.1 Å². The number of amides is 1. The van der Waals surface area contributed by atoms with Crippen LogP contribution in [0.1, 0.15) is 41.6 Å². The molecule has 4 nitrogen and oxygen atoms in total. The molecule has 2 fully saturated rings. The second-order valence-electron chi connectivity index (χ2n) is 8.22. The number of pyridine rings is 1. The van der Waals surface area contributed by atoms with Gasteiger partial charge in [-0.15, -0.1) is 0 Å². The molecule has 5 heteroatoms. The molecule has 29 heavy (non-hydrogen) atoms. The van der Waals surface area contributed by atoms with Crippen LogP contribution in [0.15, 0.2) is 54.6 Å². The molecule has 0 radical (unpaired) electrons. The van der Waals surface area contributed by atoms with Crippen LogP contribution in [0.2, 0.25) is 0 Å². The third kappa shape index (κ3) is 3.46. The van der Waals surface area contributed by atoms with Crippen LogP contribution >= 0.6 is 0 Å². The molecule has 2 heterocycles. The van der Waals surface area contributed by atoms with Crippen LogP contribution in [0.4, 0.5) is 10.2 Å². The number of nitrogens with zero attached hydrogens (tertiary/aromatic N) is 2. The first-order chi connectivity index (χ1) is 14.1. The Bertz CT molecular complexity index is 1050. The van der Waals surface area contributed by atoms with Gasteiger partial charge in [0, 0.05) is 30.4 Å². The van der Waals surface area contributed by atoms with E-state index in [0.29, 0.717) is 12.1 Å². The SMILES string of the molecule is O=C(NCC1(c2ccc(F)cc2)CC1)c1cc2ccccc2nc1N1CCCC1. The van der Waals surface area contributed by atoms with E-state index in [1.165, 1.54) is 12.1 Å². The lowest BCUT2D eigenvalue weighted by molar-refractivity contribution is 0.0950. The summed E-state index contributed by atoms with van der Waals surface area (Å²) in [6.45, 7) is 2.43. The van der Waals surface area contributed by atoms with Gasteiger partial charge < -0.3 is 10.2 Å². The Hall–Kier alpha value is -2.95. The molecule has 0 unspecified atom stereocenters. The van der Waals surface area contributed by atoms with Crippen molar-refractivity contribution in [1.29, 1.82) is 0 Å². The topological polar surface area (TPSA) is 45.2 Å². The van der Waals surface area contributed by atoms with E-state index in [9.17, 15) is 9.18 Å². The van der Waals surface area contributed by atoms with E-state index in [-0.39, 0.29) is 17.1 Å². The zero-order chi connectivity index (χ0) is 19.8. The maximum Gasteiger partial charge on any atom is 0.255 e. The van der Waals surface area contributed by atoms with Gasteiger partial charge in [0.1, 0.15) is 11.6 Å². The van der Waals surface area contributed by atoms with E-state index in [4.69, 9.17) is 4.98 Å². The van der Waals surface area contributed by atoms with E-state index >= 15 is 0 Å². The van der Waals surface area contributed by atoms with Gasteiger partial charge in [-0.3, -0.25) is 4.79 Å². The molecule has 2 aromatic carbocycles. The fourth-order valence-corrected chi connectivity index (χ4v) is 4.31. The summed E-state index contributed by atoms with van der Waals surface area (Å²) in [5, 5.41) is 4.12. The molecule has 1 aliphatic carbocycles. The van der Waals surface area contributed by atoms with Crippen molar-refractivity contribution in [3.8, 4) is 0 Å². The lowest BCUT2D eigenvalue weighted by Crippen LogP contribution is -2.34. The Morgan fingerprint density at radius 1 is 1.07 bits per heavy atom. The summed E-state index contributed by atoms with van der Waals surface area (Å²) in [6, 6.07) is 16.5. The van der Waals surface area contributed by atoms with Crippen LogP contribution in [0, 0.1) is 5.82 Å². The van der Waals surface area contributed by atoms with Gasteiger partial charge in [-0.05, 0) is 55.5 Å². The summed E-state index contributed by atoms with van der Waals surface area (Å²) >= 11 is 0. The number of halogens is 1. The van der Waals surface area contributed by atoms with Crippen LogP contribution in [0.5, 0.6) is 0 Å². The van der Waals surface area contributed by atoms with Gasteiger partial charge >= 0.3 is 0 Å². The minimum atomic E-state index is -0.230. The van der Waals surface area contributed by atoms with Crippen LogP contribution in [-0.2, 0) is 5.41 Å². The summed E-state index contributed by atoms with van der Waals surface area (Å²) in [4.78, 5) is 20.2. The van der Waals surface area contributed by atoms with Gasteiger partial charge in [-0.25, -0.2) is 9.37 Å². The van der Waals surface area contributed by atoms with Crippen molar-refractivity contribution in [2.24, 2.45) is 0 Å². The molecule has 5 rings (SSSR count). The Morgan fingerprint density at radius 2 is 1.79 bits per heavy atom. The van der Waals surface area contributed by atoms with E-state index < -0.39 is 0 Å². The number of aromatic nitrogens is 1. The van der Waals surface area contributed by atoms with Crippen LogP contribution in [0.3, 0.4) is 0 Å². The average molecular weight is 389 g/mol. The molecule has 1 N–H and O–H groups in total. The molecule has 2 aliphatic rings. The van der Waals surface area contributed by atoms with Gasteiger partial charge in [-0.2, -0.15) is 0 Å². The van der Waals surface area contributed by atoms with Crippen molar-refractivity contribution in [1.82, 2.24) is 10.3 Å². The number of para-hydroxylation sites is 1. The number of benzene rings is 2. The minimum absolute atomic E-state index is 0.0680. The minimum Gasteiger partial charge on any atom is -0.356 e. The Morgan fingerprint density at radius 3 is 2.52 bits per heavy atom. The first kappa shape index (κ1) is 18.1. The van der Waals surface area contributed by atoms with Gasteiger partial charge in [0.25, 0.3) is 5.91 Å². The molecule has 1 aliphatic heterocycles. The lowest BCUT2D eigenvalue weighted by atomic mass is 9.96. The second kappa shape index (κ2) is 7.14. The quantitative estimate of drug-likeness (QED) is 0.702. The number of nitrogens with one attached hydrogen (secondary N) is 1. The summed E-state index contributed by atoms with van der Waals surface area (Å²) in [5.41, 5.74) is 2.58. The van der Waals surface area contributed by atoms with E-state index in [1.54, 1.807) is 0 Å². The maximum absolute atomic E-state index is 13.3. The van der Waals surface area contributed by atoms with Crippen molar-refractivity contribution in [2.45, 2.75) is 31.1 Å². The molecule has 1 saturated carbocycles. The molecule has 0 spiro atoms. The van der Waals surface area contributed by atoms with Crippen molar-refractivity contribution in [3.05, 3.63) is 71.5 Å². The summed E-state index contributed by atoms with van der Waals surface area (Å²) in [7, 11) is 0. The van der Waals surface area contributed by atoms with E-state index in [2.05, 4.69) is 10.2 Å². The number of hydrogen-bond donors (Lipinski definition) is 1. The lowest BCUT2D eigenvalue weighted by Gasteiger charge is -2.22. The van der Waals surface area contributed by atoms with Crippen molar-refractivity contribution in [3.63, 3.8) is 0 Å². The number of anilines is 1. The highest BCUT2D eigenvalue weighted by Gasteiger charge is 2.44. The maximum atomic E-state index is 13.3. The third-order valence-electron chi connectivity index (χ3n) is 6.25. The molecule has 0 atom stereocenters. The Kier molecular flexibility index (Phi) is 4.46. The molecule has 0 bridgehead atoms. The monoisotopic (exact) mass is 389 g/mol. The normalized spacial score (nSPS) is 17.5. The number of carbonyl (C=O) groups excluding carboxylic acids is 1. The highest BCUT2D eigenvalue weighted by Crippen LogP contribution is 2.47. The molecular weight excluding hydrogens is 365 g/mol. The summed E-state index contributed by atoms with van der Waals surface area (Å²) in [5.74, 6) is 0.468. The van der Waals surface area contributed by atoms with Crippen LogP contribution in [0.25, 0.3) is 10.9 Å². The van der Waals surface area contributed by atoms with Crippen molar-refractivity contribution < 1.29 is 9.18 Å². The van der Waals surface area contributed by atoms with Gasteiger partial charge in [0.05, 0.1) is 11.1 Å². The zero-order valence-electron chi connectivity index (χ0n) is 16.3. The molecule has 1 saturated heterocycles. The Labute approximate surface area is 169 Å². The van der Waals surface area contributed by atoms with Crippen LogP contribution in [-0.4, -0.2) is 30.5 Å². The summed E-state index contributed by atoms with van der Waals surface area (Å²) < 4.78 is 13.3. The second-order valence-corrected chi connectivity index (χ2v) is 8.22. The fraction of sp³-hybridized carbons (Fsp3) is 0.333. The number of hydrogen-bond acceptors (Lipinski definition) is 3. The molecule has 1 aromatic heterocycles.